The first-order valence-electron chi connectivity index (χ1n) is 8.80. The number of hydrogen-bond donors (Lipinski definition) is 4. The maximum absolute atomic E-state index is 13.6. The summed E-state index contributed by atoms with van der Waals surface area (Å²) in [4.78, 5) is 0. The Hall–Kier alpha value is -2.47. The van der Waals surface area contributed by atoms with Crippen LogP contribution in [0.5, 0.6) is 5.75 Å². The lowest BCUT2D eigenvalue weighted by Gasteiger charge is -2.24. The molecule has 0 unspecified atom stereocenters. The summed E-state index contributed by atoms with van der Waals surface area (Å²) >= 11 is 0. The second-order valence-electron chi connectivity index (χ2n) is 6.42. The van der Waals surface area contributed by atoms with Crippen LogP contribution in [-0.4, -0.2) is 39.2 Å². The SMILES string of the molecule is C=C[C@@H]([C@H](O)CO)[C@H](O)CC/C(=C/c1ccc(O)c(F)c1)c1ccccc1. The Morgan fingerprint density at radius 1 is 1.07 bits per heavy atom. The number of aromatic hydroxyl groups is 1. The molecular weight excluding hydrogens is 347 g/mol. The Balaban J connectivity index is 2.24. The minimum Gasteiger partial charge on any atom is -0.505 e. The van der Waals surface area contributed by atoms with Gasteiger partial charge in [-0.3, -0.25) is 0 Å². The highest BCUT2D eigenvalue weighted by Crippen LogP contribution is 2.27. The van der Waals surface area contributed by atoms with Gasteiger partial charge in [0, 0.05) is 5.92 Å². The molecular formula is C22H25FO4. The van der Waals surface area contributed by atoms with Crippen LogP contribution >= 0.6 is 0 Å². The number of allylic oxidation sites excluding steroid dienone is 1. The average Bonchev–Trinajstić information content (AvgIpc) is 2.68. The van der Waals surface area contributed by atoms with E-state index < -0.39 is 36.3 Å². The van der Waals surface area contributed by atoms with Gasteiger partial charge in [0.25, 0.3) is 0 Å². The summed E-state index contributed by atoms with van der Waals surface area (Å²) in [6.07, 6.45) is 2.08. The largest absolute Gasteiger partial charge is 0.505 e. The zero-order valence-electron chi connectivity index (χ0n) is 15.0. The molecule has 27 heavy (non-hydrogen) atoms. The summed E-state index contributed by atoms with van der Waals surface area (Å²) in [6, 6.07) is 13.7. The maximum atomic E-state index is 13.6. The molecule has 2 aromatic carbocycles. The molecule has 0 aliphatic rings. The molecule has 4 N–H and O–H groups in total. The Morgan fingerprint density at radius 3 is 2.37 bits per heavy atom. The summed E-state index contributed by atoms with van der Waals surface area (Å²) in [5.74, 6) is -1.75. The van der Waals surface area contributed by atoms with E-state index in [4.69, 9.17) is 5.11 Å². The van der Waals surface area contributed by atoms with Crippen molar-refractivity contribution in [1.82, 2.24) is 0 Å². The molecule has 0 fully saturated rings. The summed E-state index contributed by atoms with van der Waals surface area (Å²) in [5.41, 5.74) is 2.39. The predicted octanol–water partition coefficient (Wildman–Crippen LogP) is 3.37. The van der Waals surface area contributed by atoms with Crippen molar-refractivity contribution in [1.29, 1.82) is 0 Å². The average molecular weight is 372 g/mol. The van der Waals surface area contributed by atoms with Crippen molar-refractivity contribution in [2.45, 2.75) is 25.0 Å². The molecule has 0 saturated heterocycles. The summed E-state index contributed by atoms with van der Waals surface area (Å²) in [6.45, 7) is 3.15. The van der Waals surface area contributed by atoms with Gasteiger partial charge in [0.1, 0.15) is 0 Å². The molecule has 2 rings (SSSR count). The van der Waals surface area contributed by atoms with E-state index in [0.29, 0.717) is 18.4 Å². The number of aliphatic hydroxyl groups is 3. The van der Waals surface area contributed by atoms with Crippen LogP contribution in [0.15, 0.2) is 61.2 Å². The highest BCUT2D eigenvalue weighted by atomic mass is 19.1. The molecule has 5 heteroatoms. The zero-order valence-corrected chi connectivity index (χ0v) is 15.0. The number of benzene rings is 2. The van der Waals surface area contributed by atoms with Crippen molar-refractivity contribution in [2.24, 2.45) is 5.92 Å². The standard InChI is InChI=1S/C22H25FO4/c1-2-18(22(27)14-24)20(25)11-9-17(16-6-4-3-5-7-16)12-15-8-10-21(26)19(23)13-15/h2-8,10,12-13,18,20,22,24-27H,1,9,11,14H2/b17-12-/t18-,20-,22-/m1/s1. The fourth-order valence-electron chi connectivity index (χ4n) is 2.95. The van der Waals surface area contributed by atoms with Crippen molar-refractivity contribution in [2.75, 3.05) is 6.61 Å². The Bertz CT molecular complexity index is 773. The fraction of sp³-hybridized carbons (Fsp3) is 0.273. The Kier molecular flexibility index (Phi) is 7.73. The highest BCUT2D eigenvalue weighted by Gasteiger charge is 2.23. The van der Waals surface area contributed by atoms with E-state index in [1.807, 2.05) is 30.3 Å². The zero-order chi connectivity index (χ0) is 19.8. The molecule has 0 aliphatic carbocycles. The van der Waals surface area contributed by atoms with Crippen molar-refractivity contribution in [3.05, 3.63) is 78.1 Å². The molecule has 144 valence electrons. The molecule has 0 aromatic heterocycles. The molecule has 0 heterocycles. The summed E-state index contributed by atoms with van der Waals surface area (Å²) < 4.78 is 13.6. The van der Waals surface area contributed by atoms with Crippen LogP contribution < -0.4 is 0 Å². The van der Waals surface area contributed by atoms with E-state index in [0.717, 1.165) is 11.1 Å². The van der Waals surface area contributed by atoms with Crippen LogP contribution in [-0.2, 0) is 0 Å². The minimum absolute atomic E-state index is 0.328. The third kappa shape index (κ3) is 5.76. The van der Waals surface area contributed by atoms with Gasteiger partial charge in [-0.2, -0.15) is 0 Å². The predicted molar refractivity (Wildman–Crippen MR) is 104 cm³/mol. The van der Waals surface area contributed by atoms with E-state index in [1.54, 1.807) is 12.1 Å². The van der Waals surface area contributed by atoms with Gasteiger partial charge in [-0.15, -0.1) is 6.58 Å². The number of phenolic OH excluding ortho intramolecular Hbond substituents is 1. The molecule has 4 nitrogen and oxygen atoms in total. The number of hydrogen-bond acceptors (Lipinski definition) is 4. The molecule has 0 bridgehead atoms. The smallest absolute Gasteiger partial charge is 0.165 e. The monoisotopic (exact) mass is 372 g/mol. The Morgan fingerprint density at radius 2 is 1.78 bits per heavy atom. The van der Waals surface area contributed by atoms with Gasteiger partial charge >= 0.3 is 0 Å². The van der Waals surface area contributed by atoms with Crippen LogP contribution in [0.2, 0.25) is 0 Å². The first-order valence-corrected chi connectivity index (χ1v) is 8.80. The Labute approximate surface area is 158 Å². The van der Waals surface area contributed by atoms with Gasteiger partial charge in [0.05, 0.1) is 18.8 Å². The maximum Gasteiger partial charge on any atom is 0.165 e. The second-order valence-corrected chi connectivity index (χ2v) is 6.42. The van der Waals surface area contributed by atoms with Crippen LogP contribution in [0.3, 0.4) is 0 Å². The van der Waals surface area contributed by atoms with Crippen LogP contribution in [0, 0.1) is 11.7 Å². The fourth-order valence-corrected chi connectivity index (χ4v) is 2.95. The van der Waals surface area contributed by atoms with E-state index in [9.17, 15) is 19.7 Å². The van der Waals surface area contributed by atoms with E-state index >= 15 is 0 Å². The number of rotatable bonds is 9. The summed E-state index contributed by atoms with van der Waals surface area (Å²) in [5, 5.41) is 38.7. The second kappa shape index (κ2) is 10.0. The van der Waals surface area contributed by atoms with Crippen LogP contribution in [0.4, 0.5) is 4.39 Å². The van der Waals surface area contributed by atoms with Gasteiger partial charge in [0.15, 0.2) is 11.6 Å². The quantitative estimate of drug-likeness (QED) is 0.402. The van der Waals surface area contributed by atoms with Gasteiger partial charge in [-0.1, -0.05) is 48.6 Å². The molecule has 0 spiro atoms. The van der Waals surface area contributed by atoms with Crippen molar-refractivity contribution in [3.8, 4) is 5.75 Å². The van der Waals surface area contributed by atoms with Crippen LogP contribution in [0.1, 0.15) is 24.0 Å². The molecule has 2 aromatic rings. The first-order chi connectivity index (χ1) is 13.0. The van der Waals surface area contributed by atoms with Crippen LogP contribution in [0.25, 0.3) is 11.6 Å². The lowest BCUT2D eigenvalue weighted by Crippen LogP contribution is -2.32. The van der Waals surface area contributed by atoms with E-state index in [1.165, 1.54) is 18.2 Å². The lowest BCUT2D eigenvalue weighted by molar-refractivity contribution is 0.00257. The van der Waals surface area contributed by atoms with Gasteiger partial charge in [-0.25, -0.2) is 4.39 Å². The topological polar surface area (TPSA) is 80.9 Å². The molecule has 3 atom stereocenters. The van der Waals surface area contributed by atoms with Crippen molar-refractivity contribution in [3.63, 3.8) is 0 Å². The van der Waals surface area contributed by atoms with Gasteiger partial charge in [-0.05, 0) is 41.7 Å². The molecule has 0 saturated carbocycles. The van der Waals surface area contributed by atoms with Crippen molar-refractivity contribution < 1.29 is 24.8 Å². The van der Waals surface area contributed by atoms with Crippen molar-refractivity contribution >= 4 is 11.6 Å². The third-order valence-corrected chi connectivity index (χ3v) is 4.51. The normalized spacial score (nSPS) is 15.2. The van der Waals surface area contributed by atoms with Gasteiger partial charge in [0.2, 0.25) is 0 Å². The number of aliphatic hydroxyl groups excluding tert-OH is 3. The highest BCUT2D eigenvalue weighted by molar-refractivity contribution is 5.81. The molecule has 0 radical (unpaired) electrons. The third-order valence-electron chi connectivity index (χ3n) is 4.51. The number of halogens is 1. The van der Waals surface area contributed by atoms with E-state index in [-0.39, 0.29) is 0 Å². The number of phenols is 1. The van der Waals surface area contributed by atoms with E-state index in [2.05, 4.69) is 6.58 Å². The van der Waals surface area contributed by atoms with Gasteiger partial charge < -0.3 is 20.4 Å². The first kappa shape index (κ1) is 20.8. The molecule has 0 amide bonds. The lowest BCUT2D eigenvalue weighted by atomic mass is 9.90. The minimum atomic E-state index is -1.08. The summed E-state index contributed by atoms with van der Waals surface area (Å²) in [7, 11) is 0. The molecule has 0 aliphatic heterocycles.